The zero-order valence-electron chi connectivity index (χ0n) is 10.1. The summed E-state index contributed by atoms with van der Waals surface area (Å²) in [5, 5.41) is 0. The van der Waals surface area contributed by atoms with Crippen LogP contribution in [0.4, 0.5) is 0 Å². The summed E-state index contributed by atoms with van der Waals surface area (Å²) in [5.74, 6) is -0.255. The van der Waals surface area contributed by atoms with Crippen LogP contribution < -0.4 is 4.18 Å². The molecule has 1 heterocycles. The molecule has 0 aliphatic rings. The predicted octanol–water partition coefficient (Wildman–Crippen LogP) is 4.24. The Morgan fingerprint density at radius 2 is 1.90 bits per heavy atom. The SMILES string of the molecule is CC(=O)c1cc(Br)ccc1OS(=O)(=O)c1ccc(Br)s1. The van der Waals surface area contributed by atoms with Gasteiger partial charge in [-0.15, -0.1) is 11.3 Å². The number of rotatable bonds is 4. The Hall–Kier alpha value is -0.700. The highest BCUT2D eigenvalue weighted by atomic mass is 79.9. The second-order valence-corrected chi connectivity index (χ2v) is 8.94. The van der Waals surface area contributed by atoms with E-state index in [0.717, 1.165) is 11.3 Å². The number of thiophene rings is 1. The number of carbonyl (C=O) groups is 1. The molecule has 0 N–H and O–H groups in total. The van der Waals surface area contributed by atoms with Gasteiger partial charge in [0.25, 0.3) is 0 Å². The lowest BCUT2D eigenvalue weighted by Crippen LogP contribution is -2.10. The van der Waals surface area contributed by atoms with Gasteiger partial charge in [0.15, 0.2) is 15.7 Å². The molecule has 2 rings (SSSR count). The lowest BCUT2D eigenvalue weighted by atomic mass is 10.1. The minimum atomic E-state index is -3.94. The molecule has 1 aromatic carbocycles. The van der Waals surface area contributed by atoms with Gasteiger partial charge in [-0.05, 0) is 53.2 Å². The van der Waals surface area contributed by atoms with Crippen molar-refractivity contribution >= 4 is 59.1 Å². The summed E-state index contributed by atoms with van der Waals surface area (Å²) in [7, 11) is -3.94. The highest BCUT2D eigenvalue weighted by molar-refractivity contribution is 9.11. The van der Waals surface area contributed by atoms with E-state index in [0.29, 0.717) is 8.26 Å². The fourth-order valence-electron chi connectivity index (χ4n) is 1.44. The second-order valence-electron chi connectivity index (χ2n) is 3.79. The number of Topliss-reactive ketones (excluding diaryl/α,β-unsaturated/α-hetero) is 1. The first-order chi connectivity index (χ1) is 9.29. The predicted molar refractivity (Wildman–Crippen MR) is 84.0 cm³/mol. The molecule has 1 aromatic heterocycles. The van der Waals surface area contributed by atoms with Gasteiger partial charge in [-0.1, -0.05) is 15.9 Å². The number of halogens is 2. The summed E-state index contributed by atoms with van der Waals surface area (Å²) < 4.78 is 30.7. The van der Waals surface area contributed by atoms with Crippen molar-refractivity contribution in [2.75, 3.05) is 0 Å². The zero-order chi connectivity index (χ0) is 14.9. The smallest absolute Gasteiger partial charge is 0.348 e. The summed E-state index contributed by atoms with van der Waals surface area (Å²) in [6, 6.07) is 7.64. The molecule has 0 saturated carbocycles. The Morgan fingerprint density at radius 1 is 1.20 bits per heavy atom. The van der Waals surface area contributed by atoms with Crippen molar-refractivity contribution in [2.45, 2.75) is 11.1 Å². The Labute approximate surface area is 137 Å². The van der Waals surface area contributed by atoms with Crippen LogP contribution in [-0.2, 0) is 10.1 Å². The second kappa shape index (κ2) is 5.97. The van der Waals surface area contributed by atoms with Crippen molar-refractivity contribution in [3.63, 3.8) is 0 Å². The van der Waals surface area contributed by atoms with E-state index < -0.39 is 10.1 Å². The van der Waals surface area contributed by atoms with Crippen LogP contribution in [0.25, 0.3) is 0 Å². The summed E-state index contributed by atoms with van der Waals surface area (Å²) in [6.07, 6.45) is 0. The molecule has 4 nitrogen and oxygen atoms in total. The van der Waals surface area contributed by atoms with Crippen molar-refractivity contribution in [2.24, 2.45) is 0 Å². The maximum absolute atomic E-state index is 12.1. The first-order valence-electron chi connectivity index (χ1n) is 5.30. The molecule has 0 unspecified atom stereocenters. The van der Waals surface area contributed by atoms with Crippen LogP contribution in [0.3, 0.4) is 0 Å². The van der Waals surface area contributed by atoms with Gasteiger partial charge in [0.2, 0.25) is 0 Å². The number of hydrogen-bond donors (Lipinski definition) is 0. The van der Waals surface area contributed by atoms with Gasteiger partial charge >= 0.3 is 10.1 Å². The van der Waals surface area contributed by atoms with E-state index in [1.807, 2.05) is 0 Å². The Kier molecular flexibility index (Phi) is 4.68. The van der Waals surface area contributed by atoms with Gasteiger partial charge in [-0.25, -0.2) is 0 Å². The highest BCUT2D eigenvalue weighted by Gasteiger charge is 2.21. The van der Waals surface area contributed by atoms with E-state index in [2.05, 4.69) is 31.9 Å². The minimum absolute atomic E-state index is 0.0187. The van der Waals surface area contributed by atoms with Crippen LogP contribution in [0.1, 0.15) is 17.3 Å². The van der Waals surface area contributed by atoms with E-state index in [1.54, 1.807) is 12.1 Å². The van der Waals surface area contributed by atoms with Crippen LogP contribution >= 0.6 is 43.2 Å². The molecule has 8 heteroatoms. The van der Waals surface area contributed by atoms with Gasteiger partial charge in [0, 0.05) is 4.47 Å². The lowest BCUT2D eigenvalue weighted by Gasteiger charge is -2.09. The van der Waals surface area contributed by atoms with Gasteiger partial charge in [-0.2, -0.15) is 8.42 Å². The normalized spacial score (nSPS) is 11.3. The number of benzene rings is 1. The van der Waals surface area contributed by atoms with E-state index in [-0.39, 0.29) is 21.3 Å². The van der Waals surface area contributed by atoms with Gasteiger partial charge in [0.05, 0.1) is 9.35 Å². The van der Waals surface area contributed by atoms with Gasteiger partial charge < -0.3 is 4.18 Å². The molecule has 0 atom stereocenters. The first-order valence-corrected chi connectivity index (χ1v) is 9.11. The van der Waals surface area contributed by atoms with Crippen molar-refractivity contribution in [3.8, 4) is 5.75 Å². The molecule has 0 saturated heterocycles. The van der Waals surface area contributed by atoms with Crippen molar-refractivity contribution in [3.05, 3.63) is 44.2 Å². The molecule has 0 aliphatic heterocycles. The molecule has 20 heavy (non-hydrogen) atoms. The fraction of sp³-hybridized carbons (Fsp3) is 0.0833. The van der Waals surface area contributed by atoms with Crippen molar-refractivity contribution in [1.82, 2.24) is 0 Å². The van der Waals surface area contributed by atoms with E-state index in [4.69, 9.17) is 4.18 Å². The summed E-state index contributed by atoms with van der Waals surface area (Å²) in [6.45, 7) is 1.35. The van der Waals surface area contributed by atoms with E-state index in [9.17, 15) is 13.2 Å². The third kappa shape index (κ3) is 3.49. The Bertz CT molecular complexity index is 766. The Morgan fingerprint density at radius 3 is 2.45 bits per heavy atom. The molecule has 0 bridgehead atoms. The van der Waals surface area contributed by atoms with E-state index in [1.165, 1.54) is 25.1 Å². The summed E-state index contributed by atoms with van der Waals surface area (Å²) >= 11 is 7.47. The number of hydrogen-bond acceptors (Lipinski definition) is 5. The average molecular weight is 440 g/mol. The fourth-order valence-corrected chi connectivity index (χ4v) is 4.72. The topological polar surface area (TPSA) is 60.4 Å². The number of ketones is 1. The van der Waals surface area contributed by atoms with Crippen molar-refractivity contribution in [1.29, 1.82) is 0 Å². The molecular formula is C12H8Br2O4S2. The summed E-state index contributed by atoms with van der Waals surface area (Å²) in [4.78, 5) is 11.5. The average Bonchev–Trinajstić information content (AvgIpc) is 2.78. The maximum Gasteiger partial charge on any atom is 0.348 e. The zero-order valence-corrected chi connectivity index (χ0v) is 14.9. The van der Waals surface area contributed by atoms with Crippen molar-refractivity contribution < 1.29 is 17.4 Å². The van der Waals surface area contributed by atoms with Gasteiger partial charge in [0.1, 0.15) is 0 Å². The molecular weight excluding hydrogens is 432 g/mol. The molecule has 0 fully saturated rings. The van der Waals surface area contributed by atoms with Crippen LogP contribution in [0.5, 0.6) is 5.75 Å². The summed E-state index contributed by atoms with van der Waals surface area (Å²) in [5.41, 5.74) is 0.207. The van der Waals surface area contributed by atoms with Crippen LogP contribution in [0, 0.1) is 0 Å². The molecule has 0 radical (unpaired) electrons. The molecule has 0 spiro atoms. The molecule has 0 aliphatic carbocycles. The highest BCUT2D eigenvalue weighted by Crippen LogP contribution is 2.31. The minimum Gasteiger partial charge on any atom is -0.378 e. The molecule has 2 aromatic rings. The largest absolute Gasteiger partial charge is 0.378 e. The third-order valence-corrected chi connectivity index (χ3v) is 6.12. The van der Waals surface area contributed by atoms with Gasteiger partial charge in [-0.3, -0.25) is 4.79 Å². The molecule has 106 valence electrons. The van der Waals surface area contributed by atoms with E-state index >= 15 is 0 Å². The number of carbonyl (C=O) groups excluding carboxylic acids is 1. The standard InChI is InChI=1S/C12H8Br2O4S2/c1-7(15)9-6-8(13)2-3-10(9)18-20(16,17)12-5-4-11(14)19-12/h2-6H,1H3. The lowest BCUT2D eigenvalue weighted by molar-refractivity contribution is 0.101. The van der Waals surface area contributed by atoms with Crippen LogP contribution in [0.15, 0.2) is 42.8 Å². The first kappa shape index (κ1) is 15.7. The quantitative estimate of drug-likeness (QED) is 0.527. The maximum atomic E-state index is 12.1. The molecule has 0 amide bonds. The third-order valence-electron chi connectivity index (χ3n) is 2.32. The van der Waals surface area contributed by atoms with Crippen LogP contribution in [0.2, 0.25) is 0 Å². The monoisotopic (exact) mass is 438 g/mol. The van der Waals surface area contributed by atoms with Crippen LogP contribution in [-0.4, -0.2) is 14.2 Å². The Balaban J connectivity index is 2.42.